The lowest BCUT2D eigenvalue weighted by molar-refractivity contribution is -0.137. The van der Waals surface area contributed by atoms with Crippen LogP contribution in [0.2, 0.25) is 0 Å². The van der Waals surface area contributed by atoms with Crippen molar-refractivity contribution < 1.29 is 38.1 Å². The molecule has 3 rings (SSSR count). The molecule has 0 saturated carbocycles. The first-order valence-electron chi connectivity index (χ1n) is 11.1. The second-order valence-corrected chi connectivity index (χ2v) is 7.56. The van der Waals surface area contributed by atoms with Crippen LogP contribution >= 0.6 is 0 Å². The van der Waals surface area contributed by atoms with E-state index in [9.17, 15) is 14.4 Å². The van der Waals surface area contributed by atoms with Gasteiger partial charge in [0, 0.05) is 12.5 Å². The monoisotopic (exact) mass is 490 g/mol. The van der Waals surface area contributed by atoms with Gasteiger partial charge in [-0.15, -0.1) is 0 Å². The highest BCUT2D eigenvalue weighted by atomic mass is 16.6. The van der Waals surface area contributed by atoms with Gasteiger partial charge in [0.1, 0.15) is 11.5 Å². The van der Waals surface area contributed by atoms with Gasteiger partial charge in [-0.3, -0.25) is 0 Å². The molecule has 3 aromatic rings. The molecule has 0 aliphatic rings. The number of esters is 3. The molecule has 0 saturated heterocycles. The second-order valence-electron chi connectivity index (χ2n) is 7.56. The van der Waals surface area contributed by atoms with E-state index in [4.69, 9.17) is 23.7 Å². The molecule has 36 heavy (non-hydrogen) atoms. The molecule has 186 valence electrons. The number of benzene rings is 3. The maximum atomic E-state index is 12.6. The van der Waals surface area contributed by atoms with E-state index in [1.807, 2.05) is 19.1 Å². The molecule has 0 aromatic heterocycles. The van der Waals surface area contributed by atoms with E-state index >= 15 is 0 Å². The average Bonchev–Trinajstić information content (AvgIpc) is 2.90. The largest absolute Gasteiger partial charge is 0.493 e. The van der Waals surface area contributed by atoms with Gasteiger partial charge in [0.15, 0.2) is 11.5 Å². The Balaban J connectivity index is 1.56. The van der Waals surface area contributed by atoms with Crippen LogP contribution in [-0.4, -0.2) is 38.2 Å². The van der Waals surface area contributed by atoms with Crippen LogP contribution in [-0.2, 0) is 9.53 Å². The zero-order valence-electron chi connectivity index (χ0n) is 20.0. The normalized spacial score (nSPS) is 10.2. The van der Waals surface area contributed by atoms with Crippen molar-refractivity contribution >= 4 is 17.9 Å². The minimum absolute atomic E-state index is 0.156. The molecule has 0 unspecified atom stereocenters. The van der Waals surface area contributed by atoms with Gasteiger partial charge in [0.05, 0.1) is 31.5 Å². The van der Waals surface area contributed by atoms with Crippen molar-refractivity contribution in [3.05, 3.63) is 96.1 Å². The van der Waals surface area contributed by atoms with E-state index in [0.29, 0.717) is 30.1 Å². The number of methoxy groups -OCH3 is 1. The predicted molar refractivity (Wildman–Crippen MR) is 132 cm³/mol. The minimum atomic E-state index is -0.605. The fourth-order valence-corrected chi connectivity index (χ4v) is 2.98. The van der Waals surface area contributed by atoms with E-state index < -0.39 is 17.9 Å². The summed E-state index contributed by atoms with van der Waals surface area (Å²) in [6, 6.07) is 17.9. The maximum Gasteiger partial charge on any atom is 0.343 e. The molecular weight excluding hydrogens is 464 g/mol. The van der Waals surface area contributed by atoms with Crippen LogP contribution in [0, 0.1) is 6.92 Å². The Morgan fingerprint density at radius 2 is 1.42 bits per heavy atom. The summed E-state index contributed by atoms with van der Waals surface area (Å²) in [5, 5.41) is 0. The smallest absolute Gasteiger partial charge is 0.343 e. The second kappa shape index (κ2) is 12.8. The Bertz CT molecular complexity index is 1210. The van der Waals surface area contributed by atoms with E-state index in [0.717, 1.165) is 11.6 Å². The van der Waals surface area contributed by atoms with E-state index in [2.05, 4.69) is 6.58 Å². The molecule has 0 aliphatic carbocycles. The molecule has 0 spiro atoms. The van der Waals surface area contributed by atoms with Gasteiger partial charge in [-0.2, -0.15) is 0 Å². The van der Waals surface area contributed by atoms with Crippen molar-refractivity contribution in [2.45, 2.75) is 13.3 Å². The summed E-state index contributed by atoms with van der Waals surface area (Å²) in [5.41, 5.74) is 1.59. The molecule has 0 atom stereocenters. The average molecular weight is 491 g/mol. The lowest BCUT2D eigenvalue weighted by Gasteiger charge is -2.11. The Hall–Kier alpha value is -4.59. The number of hydrogen-bond acceptors (Lipinski definition) is 8. The molecule has 0 radical (unpaired) electrons. The summed E-state index contributed by atoms with van der Waals surface area (Å²) in [7, 11) is 1.41. The third-order valence-corrected chi connectivity index (χ3v) is 4.89. The minimum Gasteiger partial charge on any atom is -0.493 e. The summed E-state index contributed by atoms with van der Waals surface area (Å²) in [6.45, 7) is 5.82. The quantitative estimate of drug-likeness (QED) is 0.161. The van der Waals surface area contributed by atoms with Crippen LogP contribution < -0.4 is 18.9 Å². The van der Waals surface area contributed by atoms with Crippen molar-refractivity contribution in [1.29, 1.82) is 0 Å². The highest BCUT2D eigenvalue weighted by Crippen LogP contribution is 2.29. The number of aryl methyl sites for hydroxylation is 1. The van der Waals surface area contributed by atoms with Gasteiger partial charge in [-0.1, -0.05) is 24.3 Å². The third-order valence-electron chi connectivity index (χ3n) is 4.89. The van der Waals surface area contributed by atoms with Crippen LogP contribution in [0.4, 0.5) is 0 Å². The van der Waals surface area contributed by atoms with Crippen LogP contribution in [0.3, 0.4) is 0 Å². The molecule has 3 aromatic carbocycles. The van der Waals surface area contributed by atoms with Crippen molar-refractivity contribution in [1.82, 2.24) is 0 Å². The summed E-state index contributed by atoms with van der Waals surface area (Å²) >= 11 is 0. The van der Waals surface area contributed by atoms with Crippen molar-refractivity contribution in [3.8, 4) is 23.0 Å². The predicted octanol–water partition coefficient (Wildman–Crippen LogP) is 4.94. The lowest BCUT2D eigenvalue weighted by atomic mass is 10.2. The molecular formula is C28H26O8. The first kappa shape index (κ1) is 26.0. The summed E-state index contributed by atoms with van der Waals surface area (Å²) < 4.78 is 26.6. The van der Waals surface area contributed by atoms with E-state index in [1.54, 1.807) is 36.4 Å². The standard InChI is InChI=1S/C28H26O8/c1-4-26(29)34-17-5-16-33-22-13-8-20(9-14-22)27(30)36-24-15-10-21(18-25(24)32-3)28(31)35-23-11-6-19(2)7-12-23/h4,6-15,18H,1,5,16-17H2,2-3H3. The zero-order chi connectivity index (χ0) is 25.9. The van der Waals surface area contributed by atoms with Crippen LogP contribution in [0.1, 0.15) is 32.7 Å². The maximum absolute atomic E-state index is 12.6. The molecule has 0 bridgehead atoms. The Kier molecular flexibility index (Phi) is 9.22. The molecule has 0 fully saturated rings. The van der Waals surface area contributed by atoms with Crippen LogP contribution in [0.25, 0.3) is 0 Å². The third kappa shape index (κ3) is 7.46. The molecule has 8 nitrogen and oxygen atoms in total. The van der Waals surface area contributed by atoms with Gasteiger partial charge in [0.2, 0.25) is 0 Å². The fourth-order valence-electron chi connectivity index (χ4n) is 2.98. The summed E-state index contributed by atoms with van der Waals surface area (Å²) in [6.07, 6.45) is 1.61. The first-order chi connectivity index (χ1) is 17.4. The van der Waals surface area contributed by atoms with Gasteiger partial charge in [-0.05, 0) is 61.5 Å². The topological polar surface area (TPSA) is 97.4 Å². The highest BCUT2D eigenvalue weighted by molar-refractivity contribution is 5.93. The van der Waals surface area contributed by atoms with Gasteiger partial charge >= 0.3 is 17.9 Å². The summed E-state index contributed by atoms with van der Waals surface area (Å²) in [5.74, 6) is -0.316. The lowest BCUT2D eigenvalue weighted by Crippen LogP contribution is -2.11. The van der Waals surface area contributed by atoms with E-state index in [1.165, 1.54) is 25.3 Å². The Morgan fingerprint density at radius 1 is 0.778 bits per heavy atom. The number of hydrogen-bond donors (Lipinski definition) is 0. The molecule has 0 aliphatic heterocycles. The van der Waals surface area contributed by atoms with Gasteiger partial charge < -0.3 is 23.7 Å². The number of ether oxygens (including phenoxy) is 5. The molecule has 8 heteroatoms. The number of carbonyl (C=O) groups is 3. The van der Waals surface area contributed by atoms with Gasteiger partial charge in [0.25, 0.3) is 0 Å². The Labute approximate surface area is 209 Å². The zero-order valence-corrected chi connectivity index (χ0v) is 20.0. The van der Waals surface area contributed by atoms with Crippen molar-refractivity contribution in [2.24, 2.45) is 0 Å². The number of carbonyl (C=O) groups excluding carboxylic acids is 3. The molecule has 0 N–H and O–H groups in total. The summed E-state index contributed by atoms with van der Waals surface area (Å²) in [4.78, 5) is 36.1. The molecule has 0 amide bonds. The fraction of sp³-hybridized carbons (Fsp3) is 0.179. The van der Waals surface area contributed by atoms with Crippen molar-refractivity contribution in [3.63, 3.8) is 0 Å². The van der Waals surface area contributed by atoms with E-state index in [-0.39, 0.29) is 23.7 Å². The highest BCUT2D eigenvalue weighted by Gasteiger charge is 2.17. The molecule has 0 heterocycles. The van der Waals surface area contributed by atoms with Crippen molar-refractivity contribution in [2.75, 3.05) is 20.3 Å². The number of rotatable bonds is 11. The SMILES string of the molecule is C=CC(=O)OCCCOc1ccc(C(=O)Oc2ccc(C(=O)Oc3ccc(C)cc3)cc2OC)cc1. The van der Waals surface area contributed by atoms with Crippen LogP contribution in [0.5, 0.6) is 23.0 Å². The van der Waals surface area contributed by atoms with Crippen LogP contribution in [0.15, 0.2) is 79.4 Å². The Morgan fingerprint density at radius 3 is 2.08 bits per heavy atom. The van der Waals surface area contributed by atoms with Gasteiger partial charge in [-0.25, -0.2) is 14.4 Å². The first-order valence-corrected chi connectivity index (χ1v) is 11.1.